The predicted octanol–water partition coefficient (Wildman–Crippen LogP) is 5.38. The molecule has 4 rings (SSSR count). The van der Waals surface area contributed by atoms with E-state index in [1.807, 2.05) is 48.5 Å². The lowest BCUT2D eigenvalue weighted by atomic mass is 10.1. The number of hydrogen-bond donors (Lipinski definition) is 2. The Morgan fingerprint density at radius 2 is 1.67 bits per heavy atom. The molecular formula is C26H20BrN3O3. The summed E-state index contributed by atoms with van der Waals surface area (Å²) in [5.41, 5.74) is 4.34. The third-order valence-electron chi connectivity index (χ3n) is 4.81. The van der Waals surface area contributed by atoms with Gasteiger partial charge in [-0.15, -0.1) is 0 Å². The van der Waals surface area contributed by atoms with Crippen LogP contribution in [0.4, 0.5) is 5.69 Å². The second-order valence-corrected chi connectivity index (χ2v) is 8.03. The van der Waals surface area contributed by atoms with Crippen LogP contribution in [0.2, 0.25) is 0 Å². The van der Waals surface area contributed by atoms with E-state index < -0.39 is 5.97 Å². The first kappa shape index (κ1) is 22.2. The molecule has 0 aromatic heterocycles. The molecule has 0 saturated carbocycles. The molecule has 7 heteroatoms. The number of carbonyl (C=O) groups is 2. The third kappa shape index (κ3) is 5.84. The van der Waals surface area contributed by atoms with Crippen LogP contribution in [0, 0.1) is 0 Å². The summed E-state index contributed by atoms with van der Waals surface area (Å²) in [7, 11) is 0. The average molecular weight is 502 g/mol. The zero-order valence-corrected chi connectivity index (χ0v) is 19.1. The van der Waals surface area contributed by atoms with Crippen molar-refractivity contribution in [3.05, 3.63) is 107 Å². The third-order valence-corrected chi connectivity index (χ3v) is 5.30. The van der Waals surface area contributed by atoms with Crippen LogP contribution < -0.4 is 15.5 Å². The van der Waals surface area contributed by atoms with Gasteiger partial charge in [0.2, 0.25) is 0 Å². The van der Waals surface area contributed by atoms with Gasteiger partial charge in [0, 0.05) is 21.1 Å². The van der Waals surface area contributed by atoms with Crippen LogP contribution in [-0.2, 0) is 4.79 Å². The number of anilines is 1. The largest absolute Gasteiger partial charge is 0.422 e. The molecule has 0 unspecified atom stereocenters. The minimum Gasteiger partial charge on any atom is -0.422 e. The van der Waals surface area contributed by atoms with Gasteiger partial charge in [-0.25, -0.2) is 10.2 Å². The highest BCUT2D eigenvalue weighted by Gasteiger charge is 2.11. The summed E-state index contributed by atoms with van der Waals surface area (Å²) in [6.45, 7) is 0.0552. The number of nitrogens with zero attached hydrogens (tertiary/aromatic N) is 1. The molecule has 33 heavy (non-hydrogen) atoms. The zero-order chi connectivity index (χ0) is 23.0. The lowest BCUT2D eigenvalue weighted by Gasteiger charge is -2.09. The second-order valence-electron chi connectivity index (χ2n) is 7.11. The van der Waals surface area contributed by atoms with Crippen molar-refractivity contribution in [2.75, 3.05) is 11.9 Å². The number of fused-ring (bicyclic) bond motifs is 1. The number of halogens is 1. The van der Waals surface area contributed by atoms with Gasteiger partial charge in [-0.3, -0.25) is 4.79 Å². The first-order valence-corrected chi connectivity index (χ1v) is 11.0. The van der Waals surface area contributed by atoms with Crippen molar-refractivity contribution in [2.24, 2.45) is 5.10 Å². The standard InChI is InChI=1S/C26H20BrN3O3/c27-21-13-14-24(33-26(32)19-8-2-1-3-9-19)20(15-21)16-29-30-25(31)17-28-23-12-6-10-18-7-4-5-11-22(18)23/h1-16,28H,17H2,(H,30,31)/b29-16-. The number of carbonyl (C=O) groups excluding carboxylic acids is 2. The number of nitrogens with one attached hydrogen (secondary N) is 2. The number of rotatable bonds is 7. The minimum absolute atomic E-state index is 0.0552. The fourth-order valence-corrected chi connectivity index (χ4v) is 3.59. The smallest absolute Gasteiger partial charge is 0.343 e. The molecule has 2 N–H and O–H groups in total. The van der Waals surface area contributed by atoms with E-state index in [0.717, 1.165) is 20.9 Å². The molecule has 0 saturated heterocycles. The van der Waals surface area contributed by atoms with Gasteiger partial charge in [-0.05, 0) is 41.8 Å². The Bertz CT molecular complexity index is 1320. The topological polar surface area (TPSA) is 79.8 Å². The van der Waals surface area contributed by atoms with Gasteiger partial charge in [-0.2, -0.15) is 5.10 Å². The lowest BCUT2D eigenvalue weighted by Crippen LogP contribution is -2.26. The Kier molecular flexibility index (Phi) is 7.12. The molecular weight excluding hydrogens is 482 g/mol. The summed E-state index contributed by atoms with van der Waals surface area (Å²) in [5, 5.41) is 9.29. The molecule has 1 amide bonds. The van der Waals surface area contributed by atoms with E-state index in [2.05, 4.69) is 31.8 Å². The molecule has 164 valence electrons. The van der Waals surface area contributed by atoms with Crippen molar-refractivity contribution in [2.45, 2.75) is 0 Å². The molecule has 0 aliphatic carbocycles. The highest BCUT2D eigenvalue weighted by Crippen LogP contribution is 2.24. The van der Waals surface area contributed by atoms with Crippen LogP contribution in [0.25, 0.3) is 10.8 Å². The van der Waals surface area contributed by atoms with E-state index >= 15 is 0 Å². The normalized spacial score (nSPS) is 10.8. The number of esters is 1. The van der Waals surface area contributed by atoms with Crippen molar-refractivity contribution in [1.29, 1.82) is 0 Å². The molecule has 0 aliphatic rings. The maximum absolute atomic E-state index is 12.4. The van der Waals surface area contributed by atoms with E-state index in [0.29, 0.717) is 16.9 Å². The maximum Gasteiger partial charge on any atom is 0.343 e. The Hall–Kier alpha value is -3.97. The van der Waals surface area contributed by atoms with Crippen LogP contribution in [0.3, 0.4) is 0 Å². The molecule has 0 atom stereocenters. The fourth-order valence-electron chi connectivity index (χ4n) is 3.21. The van der Waals surface area contributed by atoms with Gasteiger partial charge in [0.15, 0.2) is 0 Å². The van der Waals surface area contributed by atoms with Crippen LogP contribution in [0.1, 0.15) is 15.9 Å². The van der Waals surface area contributed by atoms with Crippen molar-refractivity contribution in [1.82, 2.24) is 5.43 Å². The minimum atomic E-state index is -0.476. The highest BCUT2D eigenvalue weighted by molar-refractivity contribution is 9.10. The van der Waals surface area contributed by atoms with E-state index in [-0.39, 0.29) is 12.5 Å². The van der Waals surface area contributed by atoms with Crippen molar-refractivity contribution in [3.8, 4) is 5.75 Å². The zero-order valence-electron chi connectivity index (χ0n) is 17.5. The summed E-state index contributed by atoms with van der Waals surface area (Å²) in [6, 6.07) is 27.7. The summed E-state index contributed by atoms with van der Waals surface area (Å²) >= 11 is 3.40. The van der Waals surface area contributed by atoms with Crippen LogP contribution >= 0.6 is 15.9 Å². The first-order valence-electron chi connectivity index (χ1n) is 10.2. The van der Waals surface area contributed by atoms with Crippen molar-refractivity contribution in [3.63, 3.8) is 0 Å². The molecule has 0 aliphatic heterocycles. The Morgan fingerprint density at radius 3 is 2.52 bits per heavy atom. The number of amides is 1. The van der Waals surface area contributed by atoms with E-state index in [1.165, 1.54) is 6.21 Å². The first-order chi connectivity index (χ1) is 16.1. The number of benzene rings is 4. The van der Waals surface area contributed by atoms with Gasteiger partial charge < -0.3 is 10.1 Å². The predicted molar refractivity (Wildman–Crippen MR) is 134 cm³/mol. The van der Waals surface area contributed by atoms with Crippen LogP contribution in [-0.4, -0.2) is 24.6 Å². The molecule has 0 bridgehead atoms. The number of hydrogen-bond acceptors (Lipinski definition) is 5. The second kappa shape index (κ2) is 10.6. The SMILES string of the molecule is O=C(CNc1cccc2ccccc12)N/N=C\c1cc(Br)ccc1OC(=O)c1ccccc1. The Balaban J connectivity index is 1.39. The maximum atomic E-state index is 12.4. The molecule has 4 aromatic rings. The number of hydrazone groups is 1. The summed E-state index contributed by atoms with van der Waals surface area (Å²) in [4.78, 5) is 24.7. The van der Waals surface area contributed by atoms with Gasteiger partial charge in [0.25, 0.3) is 5.91 Å². The molecule has 0 heterocycles. The lowest BCUT2D eigenvalue weighted by molar-refractivity contribution is -0.119. The van der Waals surface area contributed by atoms with Crippen molar-refractivity contribution >= 4 is 50.5 Å². The molecule has 0 spiro atoms. The van der Waals surface area contributed by atoms with Crippen LogP contribution in [0.15, 0.2) is 101 Å². The van der Waals surface area contributed by atoms with E-state index in [4.69, 9.17) is 4.74 Å². The fraction of sp³-hybridized carbons (Fsp3) is 0.0385. The Labute approximate surface area is 199 Å². The molecule has 0 radical (unpaired) electrons. The summed E-state index contributed by atoms with van der Waals surface area (Å²) < 4.78 is 6.30. The average Bonchev–Trinajstić information content (AvgIpc) is 2.84. The summed E-state index contributed by atoms with van der Waals surface area (Å²) in [5.74, 6) is -0.452. The van der Waals surface area contributed by atoms with Gasteiger partial charge >= 0.3 is 5.97 Å². The molecule has 0 fully saturated rings. The van der Waals surface area contributed by atoms with Gasteiger partial charge in [0.1, 0.15) is 5.75 Å². The van der Waals surface area contributed by atoms with Crippen LogP contribution in [0.5, 0.6) is 5.75 Å². The molecule has 6 nitrogen and oxygen atoms in total. The van der Waals surface area contributed by atoms with Gasteiger partial charge in [-0.1, -0.05) is 70.5 Å². The van der Waals surface area contributed by atoms with E-state index in [1.54, 1.807) is 42.5 Å². The summed E-state index contributed by atoms with van der Waals surface area (Å²) in [6.07, 6.45) is 1.44. The monoisotopic (exact) mass is 501 g/mol. The van der Waals surface area contributed by atoms with E-state index in [9.17, 15) is 9.59 Å². The number of ether oxygens (including phenoxy) is 1. The molecule has 4 aromatic carbocycles. The highest BCUT2D eigenvalue weighted by atomic mass is 79.9. The van der Waals surface area contributed by atoms with Crippen molar-refractivity contribution < 1.29 is 14.3 Å². The Morgan fingerprint density at radius 1 is 0.909 bits per heavy atom. The quantitative estimate of drug-likeness (QED) is 0.154. The van der Waals surface area contributed by atoms with Gasteiger partial charge in [0.05, 0.1) is 18.3 Å².